The molecule has 31 heavy (non-hydrogen) atoms. The molecule has 0 aliphatic carbocycles. The lowest BCUT2D eigenvalue weighted by Crippen LogP contribution is -2.29. The van der Waals surface area contributed by atoms with E-state index in [0.717, 1.165) is 17.2 Å². The van der Waals surface area contributed by atoms with Crippen LogP contribution in [0.4, 0.5) is 5.69 Å². The highest BCUT2D eigenvalue weighted by Crippen LogP contribution is 2.33. The fourth-order valence-corrected chi connectivity index (χ4v) is 5.90. The largest absolute Gasteiger partial charge is 0.339 e. The molecule has 1 aliphatic rings. The van der Waals surface area contributed by atoms with Gasteiger partial charge in [0.1, 0.15) is 12.3 Å². The SMILES string of the molecule is CCCCC(CC)C[P+](=O)CC(CC)CCCC.O=C1C=CC(=O)N1c1ccccc1. The molecule has 0 bridgehead atoms. The van der Waals surface area contributed by atoms with Crippen molar-refractivity contribution in [3.8, 4) is 0 Å². The Morgan fingerprint density at radius 3 is 1.61 bits per heavy atom. The zero-order valence-electron chi connectivity index (χ0n) is 19.9. The molecule has 1 aliphatic heterocycles. The van der Waals surface area contributed by atoms with Gasteiger partial charge in [0.15, 0.2) is 0 Å². The number of hydrogen-bond donors (Lipinski definition) is 0. The van der Waals surface area contributed by atoms with Crippen LogP contribution in [-0.4, -0.2) is 24.1 Å². The van der Waals surface area contributed by atoms with Crippen molar-refractivity contribution in [3.05, 3.63) is 42.5 Å². The highest BCUT2D eigenvalue weighted by molar-refractivity contribution is 7.44. The minimum atomic E-state index is -0.954. The predicted octanol–water partition coefficient (Wildman–Crippen LogP) is 7.36. The van der Waals surface area contributed by atoms with E-state index in [1.807, 2.05) is 6.07 Å². The van der Waals surface area contributed by atoms with Gasteiger partial charge in [0, 0.05) is 24.0 Å². The molecule has 0 aromatic heterocycles. The summed E-state index contributed by atoms with van der Waals surface area (Å²) in [5, 5.41) is 0. The molecule has 172 valence electrons. The summed E-state index contributed by atoms with van der Waals surface area (Å²) in [7, 11) is -0.954. The molecule has 0 saturated heterocycles. The standard InChI is InChI=1S/C16H34OP.C10H7NO2/c1-5-9-11-15(7-3)13-18(17)14-16(8-4)12-10-6-2;12-9-6-7-10(13)11(9)8-4-2-1-3-5-8/h15-16H,5-14H2,1-4H3;1-7H/q+1;. The summed E-state index contributed by atoms with van der Waals surface area (Å²) < 4.78 is 12.3. The maximum Gasteiger partial charge on any atom is 0.339 e. The average Bonchev–Trinajstić information content (AvgIpc) is 3.12. The Morgan fingerprint density at radius 1 is 0.774 bits per heavy atom. The third-order valence-corrected chi connectivity index (χ3v) is 7.68. The molecule has 1 heterocycles. The second kappa shape index (κ2) is 15.9. The number of benzene rings is 1. The van der Waals surface area contributed by atoms with Gasteiger partial charge in [-0.25, -0.2) is 4.90 Å². The number of rotatable bonds is 13. The number of amides is 2. The summed E-state index contributed by atoms with van der Waals surface area (Å²) >= 11 is 0. The van der Waals surface area contributed by atoms with Crippen LogP contribution in [0.5, 0.6) is 0 Å². The monoisotopic (exact) mass is 446 g/mol. The van der Waals surface area contributed by atoms with Gasteiger partial charge in [0.05, 0.1) is 5.69 Å². The number of imide groups is 1. The van der Waals surface area contributed by atoms with Gasteiger partial charge < -0.3 is 0 Å². The highest BCUT2D eigenvalue weighted by Gasteiger charge is 2.25. The van der Waals surface area contributed by atoms with Crippen molar-refractivity contribution in [2.75, 3.05) is 17.2 Å². The lowest BCUT2D eigenvalue weighted by Gasteiger charge is -2.12. The van der Waals surface area contributed by atoms with Crippen molar-refractivity contribution >= 4 is 25.3 Å². The molecule has 0 radical (unpaired) electrons. The molecular formula is C26H41NO3P+. The fraction of sp³-hybridized carbons (Fsp3) is 0.615. The third kappa shape index (κ3) is 10.4. The van der Waals surface area contributed by atoms with Gasteiger partial charge in [0.25, 0.3) is 11.8 Å². The zero-order valence-corrected chi connectivity index (χ0v) is 20.8. The molecule has 5 heteroatoms. The van der Waals surface area contributed by atoms with E-state index in [-0.39, 0.29) is 11.8 Å². The summed E-state index contributed by atoms with van der Waals surface area (Å²) in [5.74, 6) is 0.849. The molecule has 0 N–H and O–H groups in total. The van der Waals surface area contributed by atoms with E-state index < -0.39 is 7.80 Å². The van der Waals surface area contributed by atoms with Crippen LogP contribution >= 0.6 is 7.80 Å². The molecule has 2 amide bonds. The number of anilines is 1. The van der Waals surface area contributed by atoms with Crippen LogP contribution in [0.15, 0.2) is 42.5 Å². The van der Waals surface area contributed by atoms with Gasteiger partial charge in [-0.15, -0.1) is 0 Å². The summed E-state index contributed by atoms with van der Waals surface area (Å²) in [6, 6.07) is 8.86. The number of hydrogen-bond acceptors (Lipinski definition) is 3. The topological polar surface area (TPSA) is 54.5 Å². The first-order valence-electron chi connectivity index (χ1n) is 12.0. The van der Waals surface area contributed by atoms with Crippen LogP contribution in [0.3, 0.4) is 0 Å². The first-order valence-corrected chi connectivity index (χ1v) is 13.6. The zero-order chi connectivity index (χ0) is 23.1. The first kappa shape index (κ1) is 27.2. The van der Waals surface area contributed by atoms with Gasteiger partial charge in [-0.2, -0.15) is 0 Å². The number of nitrogens with zero attached hydrogens (tertiary/aromatic N) is 1. The molecule has 0 spiro atoms. The Bertz CT molecular complexity index is 664. The Hall–Kier alpha value is -1.80. The fourth-order valence-electron chi connectivity index (χ4n) is 3.72. The Morgan fingerprint density at radius 2 is 1.23 bits per heavy atom. The number of unbranched alkanes of at least 4 members (excludes halogenated alkanes) is 2. The van der Waals surface area contributed by atoms with Crippen LogP contribution in [0, 0.1) is 11.8 Å². The van der Waals surface area contributed by atoms with Crippen molar-refractivity contribution in [2.24, 2.45) is 11.8 Å². The Balaban J connectivity index is 0.000000323. The quantitative estimate of drug-likeness (QED) is 0.235. The summed E-state index contributed by atoms with van der Waals surface area (Å²) in [6.45, 7) is 8.98. The predicted molar refractivity (Wildman–Crippen MR) is 132 cm³/mol. The van der Waals surface area contributed by atoms with Crippen molar-refractivity contribution in [2.45, 2.75) is 79.1 Å². The van der Waals surface area contributed by atoms with Crippen LogP contribution < -0.4 is 4.90 Å². The van der Waals surface area contributed by atoms with Crippen LogP contribution in [-0.2, 0) is 14.2 Å². The third-order valence-electron chi connectivity index (χ3n) is 5.83. The number of carbonyl (C=O) groups is 2. The molecule has 2 rings (SSSR count). The van der Waals surface area contributed by atoms with E-state index in [1.165, 1.54) is 63.5 Å². The smallest absolute Gasteiger partial charge is 0.269 e. The molecule has 0 fully saturated rings. The number of para-hydroxylation sites is 1. The van der Waals surface area contributed by atoms with Crippen molar-refractivity contribution in [3.63, 3.8) is 0 Å². The van der Waals surface area contributed by atoms with E-state index in [1.54, 1.807) is 24.3 Å². The van der Waals surface area contributed by atoms with E-state index in [9.17, 15) is 14.2 Å². The van der Waals surface area contributed by atoms with Crippen LogP contribution in [0.2, 0.25) is 0 Å². The van der Waals surface area contributed by atoms with Crippen molar-refractivity contribution in [1.29, 1.82) is 0 Å². The molecular weight excluding hydrogens is 405 g/mol. The lowest BCUT2D eigenvalue weighted by molar-refractivity contribution is -0.119. The molecule has 1 aromatic carbocycles. The second-order valence-corrected chi connectivity index (χ2v) is 10.1. The summed E-state index contributed by atoms with van der Waals surface area (Å²) in [6.07, 6.45) is 14.6. The Labute approximate surface area is 190 Å². The minimum absolute atomic E-state index is 0.281. The van der Waals surface area contributed by atoms with Crippen LogP contribution in [0.25, 0.3) is 0 Å². The van der Waals surface area contributed by atoms with Gasteiger partial charge >= 0.3 is 7.80 Å². The van der Waals surface area contributed by atoms with Gasteiger partial charge in [0.2, 0.25) is 0 Å². The molecule has 4 nitrogen and oxygen atoms in total. The maximum absolute atomic E-state index is 12.3. The molecule has 2 atom stereocenters. The van der Waals surface area contributed by atoms with E-state index in [2.05, 4.69) is 27.7 Å². The maximum atomic E-state index is 12.3. The lowest BCUT2D eigenvalue weighted by atomic mass is 10.0. The summed E-state index contributed by atoms with van der Waals surface area (Å²) in [5.41, 5.74) is 0.613. The molecule has 0 saturated carbocycles. The van der Waals surface area contributed by atoms with E-state index in [4.69, 9.17) is 0 Å². The van der Waals surface area contributed by atoms with E-state index in [0.29, 0.717) is 17.5 Å². The van der Waals surface area contributed by atoms with Crippen LogP contribution in [0.1, 0.15) is 79.1 Å². The highest BCUT2D eigenvalue weighted by atomic mass is 31.1. The van der Waals surface area contributed by atoms with Crippen molar-refractivity contribution < 1.29 is 14.2 Å². The average molecular weight is 447 g/mol. The van der Waals surface area contributed by atoms with Gasteiger partial charge in [-0.3, -0.25) is 9.59 Å². The van der Waals surface area contributed by atoms with E-state index >= 15 is 0 Å². The minimum Gasteiger partial charge on any atom is -0.269 e. The second-order valence-electron chi connectivity index (χ2n) is 8.36. The number of carbonyl (C=O) groups excluding carboxylic acids is 2. The van der Waals surface area contributed by atoms with Crippen molar-refractivity contribution in [1.82, 2.24) is 0 Å². The molecule has 1 aromatic rings. The molecule has 2 unspecified atom stereocenters. The Kier molecular flexibility index (Phi) is 14.0. The van der Waals surface area contributed by atoms with Gasteiger partial charge in [-0.1, -0.05) is 76.1 Å². The van der Waals surface area contributed by atoms with Gasteiger partial charge in [-0.05, 0) is 37.8 Å². The normalized spacial score (nSPS) is 15.5. The first-order chi connectivity index (χ1) is 15.0. The summed E-state index contributed by atoms with van der Waals surface area (Å²) in [4.78, 5) is 23.5.